The molecule has 0 aliphatic rings. The molecule has 0 atom stereocenters. The van der Waals surface area contributed by atoms with Crippen LogP contribution in [0, 0.1) is 0 Å². The molecule has 0 unspecified atom stereocenters. The Balaban J connectivity index is 2.20. The van der Waals surface area contributed by atoms with Gasteiger partial charge in [0.1, 0.15) is 18.1 Å². The smallest absolute Gasteiger partial charge is 0.129 e. The van der Waals surface area contributed by atoms with Gasteiger partial charge in [0.05, 0.1) is 5.88 Å². The van der Waals surface area contributed by atoms with Crippen molar-refractivity contribution < 1.29 is 9.15 Å². The van der Waals surface area contributed by atoms with Gasteiger partial charge in [0, 0.05) is 6.61 Å². The Morgan fingerprint density at radius 2 is 2.15 bits per heavy atom. The van der Waals surface area contributed by atoms with Crippen LogP contribution in [0.4, 0.5) is 0 Å². The summed E-state index contributed by atoms with van der Waals surface area (Å²) < 4.78 is 10.7. The second kappa shape index (κ2) is 6.06. The van der Waals surface area contributed by atoms with Crippen LogP contribution in [0.5, 0.6) is 0 Å². The zero-order valence-corrected chi connectivity index (χ0v) is 8.64. The summed E-state index contributed by atoms with van der Waals surface area (Å²) in [5, 5.41) is 0. The van der Waals surface area contributed by atoms with E-state index in [0.29, 0.717) is 12.5 Å². The van der Waals surface area contributed by atoms with Gasteiger partial charge in [-0.05, 0) is 18.6 Å². The molecule has 0 radical (unpaired) electrons. The van der Waals surface area contributed by atoms with Crippen LogP contribution < -0.4 is 0 Å². The first kappa shape index (κ1) is 10.6. The maximum atomic E-state index is 5.59. The molecule has 13 heavy (non-hydrogen) atoms. The molecule has 1 aromatic rings. The van der Waals surface area contributed by atoms with Crippen molar-refractivity contribution in [2.24, 2.45) is 0 Å². The Kier molecular flexibility index (Phi) is 4.94. The fourth-order valence-electron chi connectivity index (χ4n) is 0.991. The van der Waals surface area contributed by atoms with Crippen LogP contribution in [0.1, 0.15) is 31.3 Å². The Morgan fingerprint density at radius 1 is 1.38 bits per heavy atom. The first-order valence-corrected chi connectivity index (χ1v) is 5.11. The number of ether oxygens (including phenoxy) is 1. The second-order valence-electron chi connectivity index (χ2n) is 2.91. The van der Waals surface area contributed by atoms with E-state index in [0.717, 1.165) is 31.0 Å². The average molecular weight is 203 g/mol. The van der Waals surface area contributed by atoms with E-state index in [-0.39, 0.29) is 0 Å². The highest BCUT2D eigenvalue weighted by Crippen LogP contribution is 2.11. The summed E-state index contributed by atoms with van der Waals surface area (Å²) >= 11 is 5.59. The molecule has 1 heterocycles. The Hall–Kier alpha value is -0.470. The molecule has 1 aromatic heterocycles. The van der Waals surface area contributed by atoms with Gasteiger partial charge in [-0.25, -0.2) is 0 Å². The SMILES string of the molecule is CCCCOCc1ccc(CCl)o1. The van der Waals surface area contributed by atoms with Gasteiger partial charge < -0.3 is 9.15 Å². The minimum atomic E-state index is 0.426. The second-order valence-corrected chi connectivity index (χ2v) is 3.18. The van der Waals surface area contributed by atoms with Crippen molar-refractivity contribution in [1.29, 1.82) is 0 Å². The van der Waals surface area contributed by atoms with E-state index in [1.165, 1.54) is 0 Å². The van der Waals surface area contributed by atoms with Crippen LogP contribution >= 0.6 is 11.6 Å². The molecule has 3 heteroatoms. The molecular weight excluding hydrogens is 188 g/mol. The highest BCUT2D eigenvalue weighted by atomic mass is 35.5. The number of rotatable bonds is 6. The number of hydrogen-bond acceptors (Lipinski definition) is 2. The summed E-state index contributed by atoms with van der Waals surface area (Å²) in [6.07, 6.45) is 2.26. The summed E-state index contributed by atoms with van der Waals surface area (Å²) in [6, 6.07) is 3.79. The molecule has 0 amide bonds. The van der Waals surface area contributed by atoms with Gasteiger partial charge in [-0.3, -0.25) is 0 Å². The van der Waals surface area contributed by atoms with Gasteiger partial charge in [0.2, 0.25) is 0 Å². The van der Waals surface area contributed by atoms with E-state index < -0.39 is 0 Å². The predicted octanol–water partition coefficient (Wildman–Crippen LogP) is 3.34. The normalized spacial score (nSPS) is 10.6. The van der Waals surface area contributed by atoms with Gasteiger partial charge in [0.15, 0.2) is 0 Å². The maximum absolute atomic E-state index is 5.59. The number of halogens is 1. The highest BCUT2D eigenvalue weighted by molar-refractivity contribution is 6.16. The van der Waals surface area contributed by atoms with E-state index in [2.05, 4.69) is 6.92 Å². The lowest BCUT2D eigenvalue weighted by Gasteiger charge is -1.99. The molecule has 0 saturated carbocycles. The van der Waals surface area contributed by atoms with Crippen LogP contribution in [0.2, 0.25) is 0 Å². The van der Waals surface area contributed by atoms with Crippen molar-refractivity contribution in [1.82, 2.24) is 0 Å². The topological polar surface area (TPSA) is 22.4 Å². The van der Waals surface area contributed by atoms with Crippen molar-refractivity contribution in [2.75, 3.05) is 6.61 Å². The summed E-state index contributed by atoms with van der Waals surface area (Å²) in [4.78, 5) is 0. The van der Waals surface area contributed by atoms with E-state index in [1.54, 1.807) is 0 Å². The van der Waals surface area contributed by atoms with Crippen LogP contribution in [0.15, 0.2) is 16.5 Å². The molecule has 2 nitrogen and oxygen atoms in total. The molecule has 0 N–H and O–H groups in total. The van der Waals surface area contributed by atoms with Crippen LogP contribution in [0.3, 0.4) is 0 Å². The third kappa shape index (κ3) is 3.83. The molecule has 1 rings (SSSR count). The molecule has 0 aliphatic carbocycles. The molecule has 0 spiro atoms. The zero-order valence-electron chi connectivity index (χ0n) is 7.88. The first-order valence-electron chi connectivity index (χ1n) is 4.58. The third-order valence-electron chi connectivity index (χ3n) is 1.74. The van der Waals surface area contributed by atoms with Gasteiger partial charge in [-0.15, -0.1) is 11.6 Å². The average Bonchev–Trinajstić information content (AvgIpc) is 2.60. The number of alkyl halides is 1. The van der Waals surface area contributed by atoms with Gasteiger partial charge >= 0.3 is 0 Å². The number of hydrogen-bond donors (Lipinski definition) is 0. The van der Waals surface area contributed by atoms with Crippen LogP contribution in [0.25, 0.3) is 0 Å². The van der Waals surface area contributed by atoms with E-state index in [1.807, 2.05) is 12.1 Å². The quantitative estimate of drug-likeness (QED) is 0.522. The standard InChI is InChI=1S/C10H15ClO2/c1-2-3-6-12-8-10-5-4-9(7-11)13-10/h4-5H,2-3,6-8H2,1H3. The lowest BCUT2D eigenvalue weighted by Crippen LogP contribution is -1.93. The predicted molar refractivity (Wildman–Crippen MR) is 52.8 cm³/mol. The fourth-order valence-corrected chi connectivity index (χ4v) is 1.13. The lowest BCUT2D eigenvalue weighted by molar-refractivity contribution is 0.103. The van der Waals surface area contributed by atoms with Crippen molar-refractivity contribution in [3.8, 4) is 0 Å². The summed E-state index contributed by atoms with van der Waals surface area (Å²) in [5.74, 6) is 2.08. The lowest BCUT2D eigenvalue weighted by atomic mass is 10.4. The number of unbranched alkanes of at least 4 members (excludes halogenated alkanes) is 1. The largest absolute Gasteiger partial charge is 0.462 e. The van der Waals surface area contributed by atoms with Gasteiger partial charge in [-0.2, -0.15) is 0 Å². The van der Waals surface area contributed by atoms with Crippen LogP contribution in [-0.4, -0.2) is 6.61 Å². The molecule has 0 aromatic carbocycles. The summed E-state index contributed by atoms with van der Waals surface area (Å²) in [5.41, 5.74) is 0. The van der Waals surface area contributed by atoms with Crippen LogP contribution in [-0.2, 0) is 17.2 Å². The summed E-state index contributed by atoms with van der Waals surface area (Å²) in [6.45, 7) is 3.49. The summed E-state index contributed by atoms with van der Waals surface area (Å²) in [7, 11) is 0. The number of furan rings is 1. The van der Waals surface area contributed by atoms with Gasteiger partial charge in [-0.1, -0.05) is 13.3 Å². The molecule has 74 valence electrons. The fraction of sp³-hybridized carbons (Fsp3) is 0.600. The Bertz CT molecular complexity index is 233. The maximum Gasteiger partial charge on any atom is 0.129 e. The minimum Gasteiger partial charge on any atom is -0.462 e. The van der Waals surface area contributed by atoms with Gasteiger partial charge in [0.25, 0.3) is 0 Å². The van der Waals surface area contributed by atoms with Crippen molar-refractivity contribution >= 4 is 11.6 Å². The molecule has 0 aliphatic heterocycles. The molecule has 0 bridgehead atoms. The van der Waals surface area contributed by atoms with Crippen molar-refractivity contribution in [3.63, 3.8) is 0 Å². The van der Waals surface area contributed by atoms with E-state index in [4.69, 9.17) is 20.8 Å². The van der Waals surface area contributed by atoms with Crippen molar-refractivity contribution in [2.45, 2.75) is 32.3 Å². The zero-order chi connectivity index (χ0) is 9.52. The minimum absolute atomic E-state index is 0.426. The Morgan fingerprint density at radius 3 is 2.77 bits per heavy atom. The van der Waals surface area contributed by atoms with Crippen molar-refractivity contribution in [3.05, 3.63) is 23.7 Å². The highest BCUT2D eigenvalue weighted by Gasteiger charge is 2.00. The first-order chi connectivity index (χ1) is 6.36. The van der Waals surface area contributed by atoms with E-state index >= 15 is 0 Å². The molecule has 0 saturated heterocycles. The third-order valence-corrected chi connectivity index (χ3v) is 2.00. The molecular formula is C10H15ClO2. The monoisotopic (exact) mass is 202 g/mol. The molecule has 0 fully saturated rings. The van der Waals surface area contributed by atoms with E-state index in [9.17, 15) is 0 Å². The Labute approximate surface area is 83.8 Å².